The third kappa shape index (κ3) is 9.43. The molecule has 0 saturated heterocycles. The van der Waals surface area contributed by atoms with Crippen molar-refractivity contribution in [1.82, 2.24) is 5.32 Å². The molecule has 0 fully saturated rings. The quantitative estimate of drug-likeness (QED) is 0.169. The molecular weight excluding hydrogens is 484 g/mol. The van der Waals surface area contributed by atoms with Gasteiger partial charge in [0.05, 0.1) is 6.61 Å². The molecule has 8 heteroatoms. The van der Waals surface area contributed by atoms with E-state index in [9.17, 15) is 8.96 Å². The van der Waals surface area contributed by atoms with Crippen molar-refractivity contribution >= 4 is 19.6 Å². The van der Waals surface area contributed by atoms with Crippen LogP contribution in [-0.4, -0.2) is 24.7 Å². The summed E-state index contributed by atoms with van der Waals surface area (Å²) in [6.07, 6.45) is 2.99. The molecule has 3 aromatic rings. The minimum atomic E-state index is -2.53. The number of hydrogen-bond donors (Lipinski definition) is 2. The first kappa shape index (κ1) is 27.4. The van der Waals surface area contributed by atoms with Crippen molar-refractivity contribution in [2.75, 3.05) is 19.8 Å². The van der Waals surface area contributed by atoms with Gasteiger partial charge in [-0.25, -0.2) is 4.39 Å². The van der Waals surface area contributed by atoms with Crippen LogP contribution in [0.5, 0.6) is 5.75 Å². The molecule has 0 amide bonds. The van der Waals surface area contributed by atoms with Gasteiger partial charge >= 0.3 is 8.25 Å². The number of nitrogens with one attached hydrogen (secondary N) is 1. The van der Waals surface area contributed by atoms with Crippen LogP contribution >= 0.6 is 19.6 Å². The molecule has 5 nitrogen and oxygen atoms in total. The molecule has 35 heavy (non-hydrogen) atoms. The molecule has 1 aromatic heterocycles. The number of benzene rings is 2. The largest absolute Gasteiger partial charge is 0.694 e. The average Bonchev–Trinajstić information content (AvgIpc) is 3.35. The standard InChI is InChI=1S/C27H33FNO4PS/c1-20(2)16-23-10-8-21(18-25(23)28)6-3-13-32-26-11-9-22(17-24(26)27-7-4-15-35-27)19-29-12-5-14-33-34(30)31/h4,7-11,15,17-18,20,29H,3,5-6,12-14,16,19H2,1-2H3/p+1. The van der Waals surface area contributed by atoms with Crippen LogP contribution < -0.4 is 10.1 Å². The highest BCUT2D eigenvalue weighted by molar-refractivity contribution is 7.32. The van der Waals surface area contributed by atoms with Crippen molar-refractivity contribution in [3.63, 3.8) is 0 Å². The Bertz CT molecular complexity index is 1080. The fraction of sp³-hybridized carbons (Fsp3) is 0.407. The summed E-state index contributed by atoms with van der Waals surface area (Å²) in [6.45, 7) is 6.37. The van der Waals surface area contributed by atoms with Crippen LogP contribution in [0.3, 0.4) is 0 Å². The molecule has 0 spiro atoms. The number of ether oxygens (including phenoxy) is 1. The van der Waals surface area contributed by atoms with E-state index in [0.29, 0.717) is 32.0 Å². The fourth-order valence-corrected chi connectivity index (χ4v) is 4.85. The highest BCUT2D eigenvalue weighted by Gasteiger charge is 2.12. The summed E-state index contributed by atoms with van der Waals surface area (Å²) in [5.74, 6) is 1.16. The van der Waals surface area contributed by atoms with Crippen LogP contribution in [0.4, 0.5) is 4.39 Å². The van der Waals surface area contributed by atoms with E-state index in [0.717, 1.165) is 52.1 Å². The lowest BCUT2D eigenvalue weighted by Gasteiger charge is -2.13. The highest BCUT2D eigenvalue weighted by Crippen LogP contribution is 2.34. The van der Waals surface area contributed by atoms with Crippen LogP contribution in [-0.2, 0) is 28.5 Å². The summed E-state index contributed by atoms with van der Waals surface area (Å²) in [7, 11) is -2.53. The molecule has 1 heterocycles. The van der Waals surface area contributed by atoms with Gasteiger partial charge in [-0.3, -0.25) is 0 Å². The van der Waals surface area contributed by atoms with Crippen LogP contribution in [0.25, 0.3) is 10.4 Å². The second kappa shape index (κ2) is 14.4. The predicted molar refractivity (Wildman–Crippen MR) is 141 cm³/mol. The van der Waals surface area contributed by atoms with Gasteiger partial charge in [-0.05, 0) is 84.5 Å². The monoisotopic (exact) mass is 518 g/mol. The van der Waals surface area contributed by atoms with E-state index in [2.05, 4.69) is 35.8 Å². The molecule has 0 bridgehead atoms. The van der Waals surface area contributed by atoms with Crippen molar-refractivity contribution in [2.45, 2.75) is 46.1 Å². The predicted octanol–water partition coefficient (Wildman–Crippen LogP) is 6.91. The minimum Gasteiger partial charge on any atom is -0.493 e. The van der Waals surface area contributed by atoms with Gasteiger partial charge in [-0.1, -0.05) is 38.1 Å². The van der Waals surface area contributed by atoms with Crippen LogP contribution in [0.1, 0.15) is 43.4 Å². The molecule has 0 saturated carbocycles. The van der Waals surface area contributed by atoms with Crippen molar-refractivity contribution in [3.05, 3.63) is 76.4 Å². The van der Waals surface area contributed by atoms with Gasteiger partial charge in [0.15, 0.2) is 0 Å². The van der Waals surface area contributed by atoms with Crippen LogP contribution in [0.15, 0.2) is 53.9 Å². The number of rotatable bonds is 15. The van der Waals surface area contributed by atoms with Crippen molar-refractivity contribution in [3.8, 4) is 16.2 Å². The first-order chi connectivity index (χ1) is 16.9. The zero-order valence-corrected chi connectivity index (χ0v) is 22.0. The molecule has 1 atom stereocenters. The zero-order valence-electron chi connectivity index (χ0n) is 20.3. The third-order valence-corrected chi connectivity index (χ3v) is 6.78. The Morgan fingerprint density at radius 1 is 1.09 bits per heavy atom. The maximum Gasteiger partial charge on any atom is 0.694 e. The van der Waals surface area contributed by atoms with E-state index < -0.39 is 8.25 Å². The van der Waals surface area contributed by atoms with E-state index in [4.69, 9.17) is 9.63 Å². The second-order valence-corrected chi connectivity index (χ2v) is 10.6. The number of hydrogen-bond acceptors (Lipinski definition) is 5. The van der Waals surface area contributed by atoms with Crippen molar-refractivity contribution < 1.29 is 23.1 Å². The Kier molecular flexibility index (Phi) is 11.3. The summed E-state index contributed by atoms with van der Waals surface area (Å²) < 4.78 is 35.7. The van der Waals surface area contributed by atoms with Gasteiger partial charge < -0.3 is 10.1 Å². The van der Waals surface area contributed by atoms with E-state index in [1.54, 1.807) is 17.4 Å². The van der Waals surface area contributed by atoms with Gasteiger partial charge in [0.25, 0.3) is 0 Å². The zero-order chi connectivity index (χ0) is 25.0. The molecule has 3 rings (SSSR count). The molecule has 0 aliphatic heterocycles. The van der Waals surface area contributed by atoms with Gasteiger partial charge in [0.1, 0.15) is 18.2 Å². The molecule has 0 aliphatic carbocycles. The first-order valence-corrected chi connectivity index (χ1v) is 14.0. The molecular formula is C27H34FNO4PS+. The summed E-state index contributed by atoms with van der Waals surface area (Å²) in [5.41, 5.74) is 3.97. The Morgan fingerprint density at radius 3 is 2.63 bits per heavy atom. The van der Waals surface area contributed by atoms with E-state index in [1.165, 1.54) is 0 Å². The summed E-state index contributed by atoms with van der Waals surface area (Å²) in [5, 5.41) is 5.38. The first-order valence-electron chi connectivity index (χ1n) is 12.0. The van der Waals surface area contributed by atoms with Crippen molar-refractivity contribution in [1.29, 1.82) is 0 Å². The Labute approximate surface area is 212 Å². The average molecular weight is 519 g/mol. The van der Waals surface area contributed by atoms with Gasteiger partial charge in [-0.2, -0.15) is 0 Å². The van der Waals surface area contributed by atoms with Gasteiger partial charge in [0.2, 0.25) is 0 Å². The topological polar surface area (TPSA) is 67.8 Å². The lowest BCUT2D eigenvalue weighted by Crippen LogP contribution is -2.16. The van der Waals surface area contributed by atoms with E-state index in [-0.39, 0.29) is 12.4 Å². The normalized spacial score (nSPS) is 11.7. The molecule has 0 aliphatic rings. The molecule has 2 aromatic carbocycles. The summed E-state index contributed by atoms with van der Waals surface area (Å²) in [6, 6.07) is 15.9. The lowest BCUT2D eigenvalue weighted by atomic mass is 10.00. The number of thiophene rings is 1. The molecule has 1 unspecified atom stereocenters. The van der Waals surface area contributed by atoms with E-state index in [1.807, 2.05) is 35.7 Å². The summed E-state index contributed by atoms with van der Waals surface area (Å²) in [4.78, 5) is 9.80. The Morgan fingerprint density at radius 2 is 1.91 bits per heavy atom. The SMILES string of the molecule is CC(C)Cc1ccc(CCCOc2ccc(CNCCCO[P+](=O)O)cc2-c2cccs2)cc1F. The fourth-order valence-electron chi connectivity index (χ4n) is 3.82. The van der Waals surface area contributed by atoms with Crippen LogP contribution in [0, 0.1) is 11.7 Å². The van der Waals surface area contributed by atoms with E-state index >= 15 is 0 Å². The van der Waals surface area contributed by atoms with Gasteiger partial charge in [0, 0.05) is 21.6 Å². The lowest BCUT2D eigenvalue weighted by molar-refractivity contribution is 0.276. The number of aryl methyl sites for hydroxylation is 1. The second-order valence-electron chi connectivity index (χ2n) is 8.88. The van der Waals surface area contributed by atoms with Crippen molar-refractivity contribution in [2.24, 2.45) is 5.92 Å². The van der Waals surface area contributed by atoms with Crippen LogP contribution in [0.2, 0.25) is 0 Å². The smallest absolute Gasteiger partial charge is 0.493 e. The summed E-state index contributed by atoms with van der Waals surface area (Å²) >= 11 is 1.67. The molecule has 2 N–H and O–H groups in total. The Hall–Kier alpha value is -2.15. The maximum absolute atomic E-state index is 14.4. The maximum atomic E-state index is 14.4. The minimum absolute atomic E-state index is 0.113. The number of halogens is 1. The van der Waals surface area contributed by atoms with Gasteiger partial charge in [-0.15, -0.1) is 20.8 Å². The highest BCUT2D eigenvalue weighted by atomic mass is 32.1. The third-order valence-electron chi connectivity index (χ3n) is 5.47. The molecule has 0 radical (unpaired) electrons. The molecule has 188 valence electrons. The Balaban J connectivity index is 1.53.